The Bertz CT molecular complexity index is 847. The summed E-state index contributed by atoms with van der Waals surface area (Å²) in [4.78, 5) is 0. The number of allylic oxidation sites excluding steroid dienone is 1. The molecule has 2 aliphatic rings. The number of ether oxygens (including phenoxy) is 5. The smallest absolute Gasteiger partial charge is 0.229 e. The Balaban J connectivity index is 1.97. The van der Waals surface area contributed by atoms with Crippen LogP contribution >= 0.6 is 0 Å². The summed E-state index contributed by atoms with van der Waals surface area (Å²) in [5.74, 6) is -0.190. The van der Waals surface area contributed by atoms with E-state index in [1.807, 2.05) is 0 Å². The Morgan fingerprint density at radius 3 is 1.71 bits per heavy atom. The van der Waals surface area contributed by atoms with Crippen LogP contribution < -0.4 is 14.2 Å². The van der Waals surface area contributed by atoms with E-state index in [4.69, 9.17) is 23.7 Å². The van der Waals surface area contributed by atoms with Crippen LogP contribution in [0.25, 0.3) is 0 Å². The van der Waals surface area contributed by atoms with Gasteiger partial charge in [-0.15, -0.1) is 6.58 Å². The average molecular weight is 504 g/mol. The molecule has 0 bridgehead atoms. The molecule has 3 rings (SSSR count). The molecule has 13 heteroatoms. The van der Waals surface area contributed by atoms with Gasteiger partial charge in [0.2, 0.25) is 18.3 Å². The van der Waals surface area contributed by atoms with Crippen molar-refractivity contribution in [1.29, 1.82) is 0 Å². The van der Waals surface area contributed by atoms with Crippen molar-refractivity contribution in [2.75, 3.05) is 20.3 Å². The second-order valence-electron chi connectivity index (χ2n) is 8.25. The van der Waals surface area contributed by atoms with Crippen LogP contribution in [0.4, 0.5) is 0 Å². The molecule has 0 aliphatic carbocycles. The third-order valence-electron chi connectivity index (χ3n) is 5.85. The third-order valence-corrected chi connectivity index (χ3v) is 5.85. The highest BCUT2D eigenvalue weighted by Crippen LogP contribution is 2.42. The van der Waals surface area contributed by atoms with E-state index in [9.17, 15) is 40.9 Å². The van der Waals surface area contributed by atoms with Crippen LogP contribution in [-0.2, 0) is 15.9 Å². The SMILES string of the molecule is C=CCc1cc(OC)c(OC2OC(CO)C(O)C(O)C2O)c(OC2OC(CO)C(O)C(O)C2O)c1. The zero-order chi connectivity index (χ0) is 25.9. The lowest BCUT2D eigenvalue weighted by molar-refractivity contribution is -0.282. The lowest BCUT2D eigenvalue weighted by atomic mass is 9.99. The van der Waals surface area contributed by atoms with Gasteiger partial charge in [0.05, 0.1) is 20.3 Å². The molecule has 2 saturated heterocycles. The molecule has 0 spiro atoms. The molecule has 13 nitrogen and oxygen atoms in total. The van der Waals surface area contributed by atoms with Gasteiger partial charge in [0.15, 0.2) is 11.5 Å². The van der Waals surface area contributed by atoms with Crippen molar-refractivity contribution in [3.63, 3.8) is 0 Å². The molecule has 2 heterocycles. The molecular weight excluding hydrogens is 472 g/mol. The van der Waals surface area contributed by atoms with Crippen molar-refractivity contribution in [1.82, 2.24) is 0 Å². The van der Waals surface area contributed by atoms with Crippen molar-refractivity contribution in [2.24, 2.45) is 0 Å². The number of aliphatic hydroxyl groups excluding tert-OH is 8. The standard InChI is InChI=1S/C22H32O13/c1-3-4-9-5-10(31-2)20(35-22-19(30)17(28)15(26)13(8-24)34-22)11(6-9)32-21-18(29)16(27)14(25)12(7-23)33-21/h3,5-6,12-19,21-30H,1,4,7-8H2,2H3. The molecule has 35 heavy (non-hydrogen) atoms. The second-order valence-corrected chi connectivity index (χ2v) is 8.25. The van der Waals surface area contributed by atoms with Crippen molar-refractivity contribution in [2.45, 2.75) is 67.8 Å². The van der Waals surface area contributed by atoms with Gasteiger partial charge in [-0.3, -0.25) is 0 Å². The van der Waals surface area contributed by atoms with Gasteiger partial charge >= 0.3 is 0 Å². The lowest BCUT2D eigenvalue weighted by Crippen LogP contribution is -2.60. The molecule has 10 atom stereocenters. The van der Waals surface area contributed by atoms with Crippen LogP contribution in [0.5, 0.6) is 17.2 Å². The van der Waals surface area contributed by atoms with E-state index in [-0.39, 0.29) is 17.2 Å². The Morgan fingerprint density at radius 1 is 0.771 bits per heavy atom. The first kappa shape index (κ1) is 27.5. The zero-order valence-electron chi connectivity index (χ0n) is 19.0. The Morgan fingerprint density at radius 2 is 1.26 bits per heavy atom. The number of benzene rings is 1. The maximum atomic E-state index is 10.4. The van der Waals surface area contributed by atoms with Crippen LogP contribution in [0, 0.1) is 0 Å². The molecular formula is C22H32O13. The van der Waals surface area contributed by atoms with Crippen molar-refractivity contribution in [3.05, 3.63) is 30.4 Å². The lowest BCUT2D eigenvalue weighted by Gasteiger charge is -2.41. The molecule has 1 aromatic rings. The maximum Gasteiger partial charge on any atom is 0.229 e. The highest BCUT2D eigenvalue weighted by molar-refractivity contribution is 5.54. The Hall–Kier alpha value is -2.04. The summed E-state index contributed by atoms with van der Waals surface area (Å²) in [7, 11) is 1.32. The molecule has 0 saturated carbocycles. The van der Waals surface area contributed by atoms with E-state index >= 15 is 0 Å². The van der Waals surface area contributed by atoms with Gasteiger partial charge < -0.3 is 64.5 Å². The van der Waals surface area contributed by atoms with Gasteiger partial charge in [-0.1, -0.05) is 6.08 Å². The molecule has 0 amide bonds. The van der Waals surface area contributed by atoms with E-state index < -0.39 is 74.6 Å². The van der Waals surface area contributed by atoms with E-state index in [0.717, 1.165) is 0 Å². The van der Waals surface area contributed by atoms with E-state index in [0.29, 0.717) is 12.0 Å². The Labute approximate surface area is 200 Å². The summed E-state index contributed by atoms with van der Waals surface area (Å²) in [6, 6.07) is 3.05. The van der Waals surface area contributed by atoms with Gasteiger partial charge in [0.25, 0.3) is 0 Å². The zero-order valence-corrected chi connectivity index (χ0v) is 19.0. The van der Waals surface area contributed by atoms with Crippen molar-refractivity contribution in [3.8, 4) is 17.2 Å². The summed E-state index contributed by atoms with van der Waals surface area (Å²) in [6.07, 6.45) is -13.7. The van der Waals surface area contributed by atoms with Crippen LogP contribution in [-0.4, -0.2) is 123 Å². The average Bonchev–Trinajstić information content (AvgIpc) is 2.85. The van der Waals surface area contributed by atoms with E-state index in [2.05, 4.69) is 6.58 Å². The van der Waals surface area contributed by atoms with Crippen LogP contribution in [0.3, 0.4) is 0 Å². The normalized spacial score (nSPS) is 37.5. The van der Waals surface area contributed by atoms with Crippen LogP contribution in [0.1, 0.15) is 5.56 Å². The highest BCUT2D eigenvalue weighted by Gasteiger charge is 2.47. The number of aliphatic hydroxyl groups is 8. The number of hydrogen-bond donors (Lipinski definition) is 8. The minimum absolute atomic E-state index is 0.0842. The van der Waals surface area contributed by atoms with Gasteiger partial charge in [-0.05, 0) is 24.1 Å². The minimum Gasteiger partial charge on any atom is -0.493 e. The van der Waals surface area contributed by atoms with Crippen LogP contribution in [0.2, 0.25) is 0 Å². The monoisotopic (exact) mass is 504 g/mol. The summed E-state index contributed by atoms with van der Waals surface area (Å²) in [5, 5.41) is 79.9. The van der Waals surface area contributed by atoms with Gasteiger partial charge in [0.1, 0.15) is 48.8 Å². The van der Waals surface area contributed by atoms with E-state index in [1.165, 1.54) is 13.2 Å². The first-order valence-corrected chi connectivity index (χ1v) is 10.9. The number of hydrogen-bond acceptors (Lipinski definition) is 13. The summed E-state index contributed by atoms with van der Waals surface area (Å²) in [6.45, 7) is 2.33. The van der Waals surface area contributed by atoms with Gasteiger partial charge in [0, 0.05) is 0 Å². The molecule has 1 aromatic carbocycles. The summed E-state index contributed by atoms with van der Waals surface area (Å²) in [5.41, 5.74) is 0.623. The van der Waals surface area contributed by atoms with E-state index in [1.54, 1.807) is 12.1 Å². The molecule has 8 N–H and O–H groups in total. The van der Waals surface area contributed by atoms with Crippen molar-refractivity contribution >= 4 is 0 Å². The fraction of sp³-hybridized carbons (Fsp3) is 0.636. The maximum absolute atomic E-state index is 10.4. The molecule has 198 valence electrons. The molecule has 0 radical (unpaired) electrons. The fourth-order valence-corrected chi connectivity index (χ4v) is 3.84. The predicted molar refractivity (Wildman–Crippen MR) is 116 cm³/mol. The van der Waals surface area contributed by atoms with Crippen LogP contribution in [0.15, 0.2) is 24.8 Å². The number of methoxy groups -OCH3 is 1. The third kappa shape index (κ3) is 5.70. The van der Waals surface area contributed by atoms with Crippen molar-refractivity contribution < 1.29 is 64.5 Å². The molecule has 2 fully saturated rings. The molecule has 2 aliphatic heterocycles. The van der Waals surface area contributed by atoms with Gasteiger partial charge in [-0.25, -0.2) is 0 Å². The quantitative estimate of drug-likeness (QED) is 0.156. The number of rotatable bonds is 9. The molecule has 10 unspecified atom stereocenters. The first-order chi connectivity index (χ1) is 16.7. The minimum atomic E-state index is -1.73. The fourth-order valence-electron chi connectivity index (χ4n) is 3.84. The Kier molecular flexibility index (Phi) is 9.28. The predicted octanol–water partition coefficient (Wildman–Crippen LogP) is -3.22. The largest absolute Gasteiger partial charge is 0.493 e. The van der Waals surface area contributed by atoms with Gasteiger partial charge in [-0.2, -0.15) is 0 Å². The molecule has 0 aromatic heterocycles. The topological polar surface area (TPSA) is 208 Å². The summed E-state index contributed by atoms with van der Waals surface area (Å²) < 4.78 is 27.7. The second kappa shape index (κ2) is 11.8. The summed E-state index contributed by atoms with van der Waals surface area (Å²) >= 11 is 0. The first-order valence-electron chi connectivity index (χ1n) is 10.9. The highest BCUT2D eigenvalue weighted by atomic mass is 16.7.